The molecule has 3 aromatic rings. The smallest absolute Gasteiger partial charge is 0.243 e. The Hall–Kier alpha value is -2.39. The lowest BCUT2D eigenvalue weighted by Gasteiger charge is -2.37. The van der Waals surface area contributed by atoms with E-state index in [-0.39, 0.29) is 42.5 Å². The molecule has 0 fully saturated rings. The number of thiophene rings is 1. The molecule has 0 bridgehead atoms. The van der Waals surface area contributed by atoms with Gasteiger partial charge in [0, 0.05) is 23.0 Å². The van der Waals surface area contributed by atoms with Crippen LogP contribution in [0.5, 0.6) is 5.75 Å². The van der Waals surface area contributed by atoms with Gasteiger partial charge in [0.05, 0.1) is 17.5 Å². The van der Waals surface area contributed by atoms with E-state index in [1.165, 1.54) is 9.18 Å². The Morgan fingerprint density at radius 3 is 2.50 bits per heavy atom. The standard InChI is InChI=1S/C27H31ClN2O4S2/c1-19(2)16-29(36(32,33)23-10-4-20(3)5-11-23)17-27(31)30-14-12-26-24(13-15-35-26)25(30)18-34-22-8-6-21(28)7-9-22/h4-11,13,15,19,25H,12,14,16-18H2,1-3H3/t25-/m1/s1. The summed E-state index contributed by atoms with van der Waals surface area (Å²) in [6, 6.07) is 15.6. The van der Waals surface area contributed by atoms with Gasteiger partial charge in [-0.3, -0.25) is 4.79 Å². The average molecular weight is 547 g/mol. The summed E-state index contributed by atoms with van der Waals surface area (Å²) in [6.07, 6.45) is 0.741. The van der Waals surface area contributed by atoms with Crippen molar-refractivity contribution < 1.29 is 17.9 Å². The molecule has 0 radical (unpaired) electrons. The maximum atomic E-state index is 13.7. The zero-order chi connectivity index (χ0) is 25.9. The van der Waals surface area contributed by atoms with Crippen LogP contribution in [0.4, 0.5) is 0 Å². The fourth-order valence-corrected chi connectivity index (χ4v) is 6.94. The summed E-state index contributed by atoms with van der Waals surface area (Å²) < 4.78 is 34.3. The summed E-state index contributed by atoms with van der Waals surface area (Å²) >= 11 is 7.66. The summed E-state index contributed by atoms with van der Waals surface area (Å²) in [4.78, 5) is 16.9. The zero-order valence-electron chi connectivity index (χ0n) is 20.7. The van der Waals surface area contributed by atoms with Crippen LogP contribution in [0, 0.1) is 12.8 Å². The lowest BCUT2D eigenvalue weighted by molar-refractivity contribution is -0.135. The van der Waals surface area contributed by atoms with Crippen molar-refractivity contribution >= 4 is 38.9 Å². The van der Waals surface area contributed by atoms with Crippen LogP contribution in [-0.4, -0.2) is 49.8 Å². The number of benzene rings is 2. The Labute approximate surface area is 222 Å². The molecule has 6 nitrogen and oxygen atoms in total. The van der Waals surface area contributed by atoms with E-state index >= 15 is 0 Å². The van der Waals surface area contributed by atoms with Gasteiger partial charge in [0.25, 0.3) is 0 Å². The van der Waals surface area contributed by atoms with Gasteiger partial charge in [-0.15, -0.1) is 11.3 Å². The molecule has 1 amide bonds. The highest BCUT2D eigenvalue weighted by Crippen LogP contribution is 2.34. The third-order valence-corrected chi connectivity index (χ3v) is 9.25. The van der Waals surface area contributed by atoms with Gasteiger partial charge in [0.15, 0.2) is 0 Å². The molecule has 36 heavy (non-hydrogen) atoms. The normalized spacial score (nSPS) is 15.8. The topological polar surface area (TPSA) is 66.9 Å². The second kappa shape index (κ2) is 11.3. The number of hydrogen-bond donors (Lipinski definition) is 0. The van der Waals surface area contributed by atoms with E-state index in [1.807, 2.05) is 32.2 Å². The Balaban J connectivity index is 1.57. The van der Waals surface area contributed by atoms with Gasteiger partial charge in [-0.1, -0.05) is 43.1 Å². The number of carbonyl (C=O) groups excluding carboxylic acids is 1. The fourth-order valence-electron chi connectivity index (χ4n) is 4.34. The highest BCUT2D eigenvalue weighted by Gasteiger charge is 2.35. The third-order valence-electron chi connectivity index (χ3n) is 6.18. The quantitative estimate of drug-likeness (QED) is 0.352. The summed E-state index contributed by atoms with van der Waals surface area (Å²) in [5.74, 6) is 0.498. The van der Waals surface area contributed by atoms with E-state index in [0.29, 0.717) is 17.3 Å². The van der Waals surface area contributed by atoms with Crippen molar-refractivity contribution in [2.45, 2.75) is 38.1 Å². The molecule has 1 aliphatic rings. The van der Waals surface area contributed by atoms with Gasteiger partial charge in [0.2, 0.25) is 15.9 Å². The molecule has 1 aliphatic heterocycles. The van der Waals surface area contributed by atoms with Crippen LogP contribution in [0.2, 0.25) is 5.02 Å². The van der Waals surface area contributed by atoms with E-state index in [9.17, 15) is 13.2 Å². The van der Waals surface area contributed by atoms with Crippen molar-refractivity contribution in [2.75, 3.05) is 26.2 Å². The Bertz CT molecular complexity index is 1290. The molecule has 9 heteroatoms. The van der Waals surface area contributed by atoms with Gasteiger partial charge < -0.3 is 9.64 Å². The van der Waals surface area contributed by atoms with Gasteiger partial charge in [-0.2, -0.15) is 4.31 Å². The lowest BCUT2D eigenvalue weighted by Crippen LogP contribution is -2.48. The van der Waals surface area contributed by atoms with Crippen molar-refractivity contribution in [3.05, 3.63) is 81.0 Å². The van der Waals surface area contributed by atoms with Gasteiger partial charge in [0.1, 0.15) is 12.4 Å². The van der Waals surface area contributed by atoms with Crippen LogP contribution in [0.1, 0.15) is 35.9 Å². The maximum Gasteiger partial charge on any atom is 0.243 e. The van der Waals surface area contributed by atoms with E-state index in [1.54, 1.807) is 64.8 Å². The van der Waals surface area contributed by atoms with Crippen LogP contribution in [-0.2, 0) is 21.2 Å². The number of aryl methyl sites for hydroxylation is 1. The van der Waals surface area contributed by atoms with Crippen molar-refractivity contribution in [1.29, 1.82) is 0 Å². The number of ether oxygens (including phenoxy) is 1. The monoisotopic (exact) mass is 546 g/mol. The second-order valence-corrected chi connectivity index (χ2v) is 12.8. The Kier molecular flexibility index (Phi) is 8.40. The van der Waals surface area contributed by atoms with E-state index in [2.05, 4.69) is 0 Å². The number of nitrogens with zero attached hydrogens (tertiary/aromatic N) is 2. The minimum absolute atomic E-state index is 0.0619. The van der Waals surface area contributed by atoms with Crippen LogP contribution >= 0.6 is 22.9 Å². The third kappa shape index (κ3) is 6.11. The highest BCUT2D eigenvalue weighted by atomic mass is 35.5. The molecule has 1 aromatic heterocycles. The molecule has 192 valence electrons. The van der Waals surface area contributed by atoms with Crippen LogP contribution in [0.25, 0.3) is 0 Å². The molecule has 0 saturated carbocycles. The molecule has 0 N–H and O–H groups in total. The Morgan fingerprint density at radius 2 is 1.83 bits per heavy atom. The fraction of sp³-hybridized carbons (Fsp3) is 0.370. The molecule has 2 heterocycles. The maximum absolute atomic E-state index is 13.7. The first kappa shape index (κ1) is 26.7. The molecule has 4 rings (SSSR count). The summed E-state index contributed by atoms with van der Waals surface area (Å²) in [6.45, 7) is 6.63. The number of carbonyl (C=O) groups is 1. The minimum atomic E-state index is -3.83. The first-order valence-electron chi connectivity index (χ1n) is 12.0. The largest absolute Gasteiger partial charge is 0.491 e. The number of fused-ring (bicyclic) bond motifs is 1. The summed E-state index contributed by atoms with van der Waals surface area (Å²) in [5.41, 5.74) is 2.04. The van der Waals surface area contributed by atoms with Gasteiger partial charge >= 0.3 is 0 Å². The highest BCUT2D eigenvalue weighted by molar-refractivity contribution is 7.89. The van der Waals surface area contributed by atoms with E-state index in [0.717, 1.165) is 17.5 Å². The van der Waals surface area contributed by atoms with Crippen molar-refractivity contribution in [2.24, 2.45) is 5.92 Å². The molecule has 0 aliphatic carbocycles. The SMILES string of the molecule is Cc1ccc(S(=O)(=O)N(CC(=O)N2CCc3sccc3[C@H]2COc2ccc(Cl)cc2)CC(C)C)cc1. The molecule has 2 aromatic carbocycles. The second-order valence-electron chi connectivity index (χ2n) is 9.42. The van der Waals surface area contributed by atoms with E-state index < -0.39 is 10.0 Å². The van der Waals surface area contributed by atoms with Gasteiger partial charge in [-0.05, 0) is 72.7 Å². The first-order valence-corrected chi connectivity index (χ1v) is 14.7. The lowest BCUT2D eigenvalue weighted by atomic mass is 10.0. The number of halogens is 1. The molecule has 1 atom stereocenters. The molecule has 0 saturated heterocycles. The minimum Gasteiger partial charge on any atom is -0.491 e. The number of amides is 1. The predicted molar refractivity (Wildman–Crippen MR) is 144 cm³/mol. The van der Waals surface area contributed by atoms with Crippen molar-refractivity contribution in [1.82, 2.24) is 9.21 Å². The molecular formula is C27H31ClN2O4S2. The van der Waals surface area contributed by atoms with E-state index in [4.69, 9.17) is 16.3 Å². The number of rotatable bonds is 9. The van der Waals surface area contributed by atoms with Crippen LogP contribution in [0.15, 0.2) is 64.9 Å². The predicted octanol–water partition coefficient (Wildman–Crippen LogP) is 5.56. The number of sulfonamides is 1. The summed E-state index contributed by atoms with van der Waals surface area (Å²) in [7, 11) is -3.83. The average Bonchev–Trinajstić information content (AvgIpc) is 3.32. The molecule has 0 spiro atoms. The Morgan fingerprint density at radius 1 is 1.14 bits per heavy atom. The molecule has 0 unspecified atom stereocenters. The number of hydrogen-bond acceptors (Lipinski definition) is 5. The van der Waals surface area contributed by atoms with Gasteiger partial charge in [-0.25, -0.2) is 8.42 Å². The van der Waals surface area contributed by atoms with Crippen molar-refractivity contribution in [3.63, 3.8) is 0 Å². The zero-order valence-corrected chi connectivity index (χ0v) is 23.1. The first-order chi connectivity index (χ1) is 17.1. The summed E-state index contributed by atoms with van der Waals surface area (Å²) in [5, 5.41) is 2.65. The van der Waals surface area contributed by atoms with Crippen LogP contribution in [0.3, 0.4) is 0 Å². The molecular weight excluding hydrogens is 516 g/mol. The van der Waals surface area contributed by atoms with Crippen molar-refractivity contribution in [3.8, 4) is 5.75 Å². The van der Waals surface area contributed by atoms with Crippen LogP contribution < -0.4 is 4.74 Å².